The first-order valence-corrected chi connectivity index (χ1v) is 12.1. The molecule has 0 saturated carbocycles. The molecule has 17 heteroatoms. The number of thiophene rings is 1. The predicted octanol–water partition coefficient (Wildman–Crippen LogP) is 1.86. The molecule has 0 saturated heterocycles. The lowest BCUT2D eigenvalue weighted by Crippen LogP contribution is -2.44. The number of aliphatic hydroxyl groups is 3. The highest BCUT2D eigenvalue weighted by atomic mass is 32.1. The fourth-order valence-corrected chi connectivity index (χ4v) is 3.19. The Morgan fingerprint density at radius 3 is 1.76 bits per heavy atom. The molecule has 10 nitrogen and oxygen atoms in total. The number of rotatable bonds is 24. The lowest BCUT2D eigenvalue weighted by Gasteiger charge is -2.26. The Labute approximate surface area is 218 Å². The highest BCUT2D eigenvalue weighted by molar-refractivity contribution is 7.09. The van der Waals surface area contributed by atoms with Gasteiger partial charge in [-0.3, -0.25) is 0 Å². The molecule has 1 rings (SSSR count). The van der Waals surface area contributed by atoms with Crippen molar-refractivity contribution in [3.63, 3.8) is 0 Å². The molecule has 2 unspecified atom stereocenters. The first kappa shape index (κ1) is 34.9. The van der Waals surface area contributed by atoms with E-state index in [-0.39, 0.29) is 33.0 Å². The molecule has 1 aromatic heterocycles. The van der Waals surface area contributed by atoms with Gasteiger partial charge in [-0.1, -0.05) is 6.07 Å². The van der Waals surface area contributed by atoms with Crippen LogP contribution in [0.15, 0.2) is 17.5 Å². The molecule has 3 N–H and O–H groups in total. The zero-order valence-corrected chi connectivity index (χ0v) is 21.1. The van der Waals surface area contributed by atoms with Crippen molar-refractivity contribution in [3.05, 3.63) is 22.4 Å². The Kier molecular flexibility index (Phi) is 16.8. The van der Waals surface area contributed by atoms with E-state index < -0.39 is 63.8 Å². The monoisotopic (exact) mass is 590 g/mol. The van der Waals surface area contributed by atoms with E-state index >= 15 is 0 Å². The fraction of sp³-hybridized carbons (Fsp3) is 0.810. The second-order valence-electron chi connectivity index (χ2n) is 7.60. The molecule has 2 atom stereocenters. The van der Waals surface area contributed by atoms with E-state index in [2.05, 4.69) is 18.9 Å². The molecule has 0 radical (unpaired) electrons. The third kappa shape index (κ3) is 18.2. The summed E-state index contributed by atoms with van der Waals surface area (Å²) in [4.78, 5) is 1.12. The summed E-state index contributed by atoms with van der Waals surface area (Å²) >= 11 is 1.57. The lowest BCUT2D eigenvalue weighted by atomic mass is 10.3. The van der Waals surface area contributed by atoms with Crippen LogP contribution >= 0.6 is 11.3 Å². The Morgan fingerprint density at radius 1 is 0.711 bits per heavy atom. The Morgan fingerprint density at radius 2 is 1.21 bits per heavy atom. The normalized spacial score (nSPS) is 14.7. The quantitative estimate of drug-likeness (QED) is 0.0934. The van der Waals surface area contributed by atoms with Gasteiger partial charge >= 0.3 is 18.5 Å². The number of halogens is 6. The smallest absolute Gasteiger partial charge is 0.394 e. The maximum atomic E-state index is 13.6. The lowest BCUT2D eigenvalue weighted by molar-refractivity contribution is -0.518. The molecule has 0 aliphatic carbocycles. The van der Waals surface area contributed by atoms with Crippen LogP contribution in [0, 0.1) is 0 Å². The van der Waals surface area contributed by atoms with Gasteiger partial charge in [0.2, 0.25) is 0 Å². The van der Waals surface area contributed by atoms with Crippen LogP contribution in [0.3, 0.4) is 0 Å². The van der Waals surface area contributed by atoms with Gasteiger partial charge in [-0.15, -0.1) is 20.1 Å². The van der Waals surface area contributed by atoms with Crippen LogP contribution < -0.4 is 0 Å². The molecule has 0 spiro atoms. The van der Waals surface area contributed by atoms with Gasteiger partial charge in [0.15, 0.2) is 0 Å². The van der Waals surface area contributed by atoms with E-state index in [1.807, 2.05) is 17.5 Å². The van der Waals surface area contributed by atoms with Crippen LogP contribution in [0.5, 0.6) is 0 Å². The van der Waals surface area contributed by atoms with Crippen LogP contribution in [0.25, 0.3) is 0 Å². The first-order chi connectivity index (χ1) is 17.8. The standard InChI is InChI=1S/C21H32F6O10S/c22-19(23,14-34-8-7-33-12-16(29)10-31-5-3-18-2-1-9-38-18)36-21(26,27)37-20(24,25)15-35-13-17(30)11-32-6-4-28/h1-2,9,16-17,28-30H,3-8,10-15H2. The third-order valence-electron chi connectivity index (χ3n) is 4.00. The van der Waals surface area contributed by atoms with Gasteiger partial charge in [-0.2, -0.15) is 17.6 Å². The van der Waals surface area contributed by atoms with Gasteiger partial charge in [0.05, 0.1) is 59.5 Å². The average Bonchev–Trinajstić information content (AvgIpc) is 3.31. The second kappa shape index (κ2) is 18.3. The molecule has 0 bridgehead atoms. The molecule has 0 aliphatic rings. The molecular weight excluding hydrogens is 558 g/mol. The van der Waals surface area contributed by atoms with Crippen molar-refractivity contribution in [1.29, 1.82) is 0 Å². The van der Waals surface area contributed by atoms with Crippen molar-refractivity contribution in [3.8, 4) is 0 Å². The van der Waals surface area contributed by atoms with Crippen LogP contribution in [0.1, 0.15) is 4.88 Å². The number of hydrogen-bond donors (Lipinski definition) is 3. The van der Waals surface area contributed by atoms with Crippen molar-refractivity contribution in [2.75, 3.05) is 72.7 Å². The predicted molar refractivity (Wildman–Crippen MR) is 118 cm³/mol. The summed E-state index contributed by atoms with van der Waals surface area (Å²) in [7, 11) is 0. The molecule has 0 aromatic carbocycles. The van der Waals surface area contributed by atoms with Crippen molar-refractivity contribution in [2.45, 2.75) is 37.1 Å². The number of hydrogen-bond acceptors (Lipinski definition) is 11. The minimum Gasteiger partial charge on any atom is -0.394 e. The largest absolute Gasteiger partial charge is 0.495 e. The van der Waals surface area contributed by atoms with Gasteiger partial charge in [0, 0.05) is 11.3 Å². The minimum atomic E-state index is -5.42. The second-order valence-corrected chi connectivity index (χ2v) is 8.63. The zero-order valence-electron chi connectivity index (χ0n) is 20.2. The van der Waals surface area contributed by atoms with Crippen LogP contribution in [0.4, 0.5) is 26.3 Å². The molecule has 224 valence electrons. The molecule has 1 aromatic rings. The van der Waals surface area contributed by atoms with E-state index in [1.54, 1.807) is 11.3 Å². The maximum Gasteiger partial charge on any atom is 0.495 e. The highest BCUT2D eigenvalue weighted by Crippen LogP contribution is 2.33. The van der Waals surface area contributed by atoms with Crippen molar-refractivity contribution >= 4 is 11.3 Å². The van der Waals surface area contributed by atoms with Crippen molar-refractivity contribution in [1.82, 2.24) is 0 Å². The van der Waals surface area contributed by atoms with Gasteiger partial charge in [-0.25, -0.2) is 9.47 Å². The van der Waals surface area contributed by atoms with E-state index in [1.165, 1.54) is 0 Å². The molecule has 1 heterocycles. The van der Waals surface area contributed by atoms with Gasteiger partial charge in [0.25, 0.3) is 0 Å². The van der Waals surface area contributed by atoms with Crippen LogP contribution in [-0.4, -0.2) is 119 Å². The Hall–Kier alpha value is -1.12. The fourth-order valence-electron chi connectivity index (χ4n) is 2.50. The van der Waals surface area contributed by atoms with Crippen molar-refractivity contribution < 1.29 is 74.8 Å². The number of ether oxygens (including phenoxy) is 7. The maximum absolute atomic E-state index is 13.6. The highest BCUT2D eigenvalue weighted by Gasteiger charge is 2.52. The van der Waals surface area contributed by atoms with Crippen molar-refractivity contribution in [2.24, 2.45) is 0 Å². The van der Waals surface area contributed by atoms with E-state index in [4.69, 9.17) is 19.3 Å². The van der Waals surface area contributed by atoms with Gasteiger partial charge in [0.1, 0.15) is 25.4 Å². The summed E-state index contributed by atoms with van der Waals surface area (Å²) in [5.74, 6) is 0. The van der Waals surface area contributed by atoms with Gasteiger partial charge < -0.3 is 39.0 Å². The SMILES string of the molecule is OCCOCC(O)COCC(F)(F)OC(F)(F)OC(F)(F)COCCOCC(O)COCCc1cccs1. The molecule has 0 amide bonds. The average molecular weight is 591 g/mol. The van der Waals surface area contributed by atoms with Crippen LogP contribution in [0.2, 0.25) is 0 Å². The molecule has 38 heavy (non-hydrogen) atoms. The molecule has 0 fully saturated rings. The van der Waals surface area contributed by atoms with Crippen LogP contribution in [-0.2, 0) is 39.6 Å². The summed E-state index contributed by atoms with van der Waals surface area (Å²) in [6, 6.07) is 3.84. The Bertz CT molecular complexity index is 717. The molecule has 0 aliphatic heterocycles. The minimum absolute atomic E-state index is 0.0253. The first-order valence-electron chi connectivity index (χ1n) is 11.3. The summed E-state index contributed by atoms with van der Waals surface area (Å²) in [5, 5.41) is 29.5. The van der Waals surface area contributed by atoms with Gasteiger partial charge in [-0.05, 0) is 11.4 Å². The Balaban J connectivity index is 2.17. The summed E-state index contributed by atoms with van der Waals surface area (Å²) in [6.45, 7) is -5.85. The topological polar surface area (TPSA) is 125 Å². The number of alkyl halides is 6. The number of aliphatic hydroxyl groups excluding tert-OH is 3. The van der Waals surface area contributed by atoms with E-state index in [9.17, 15) is 36.6 Å². The molecular formula is C21H32F6O10S. The summed E-state index contributed by atoms with van der Waals surface area (Å²) in [5.41, 5.74) is 0. The zero-order chi connectivity index (χ0) is 28.5. The summed E-state index contributed by atoms with van der Waals surface area (Å²) < 4.78 is 111. The summed E-state index contributed by atoms with van der Waals surface area (Å²) in [6.07, 6.45) is -16.6. The van der Waals surface area contributed by atoms with E-state index in [0.29, 0.717) is 13.0 Å². The van der Waals surface area contributed by atoms with E-state index in [0.717, 1.165) is 4.88 Å². The third-order valence-corrected chi connectivity index (χ3v) is 4.93.